The van der Waals surface area contributed by atoms with Gasteiger partial charge in [-0.1, -0.05) is 67.8 Å². The fraction of sp³-hybridized carbons (Fsp3) is 0.412. The Morgan fingerprint density at radius 1 is 1.12 bits per heavy atom. The second kappa shape index (κ2) is 7.89. The van der Waals surface area contributed by atoms with Crippen molar-refractivity contribution in [1.82, 2.24) is 0 Å². The van der Waals surface area contributed by atoms with Crippen molar-refractivity contribution in [2.24, 2.45) is 5.92 Å². The summed E-state index contributed by atoms with van der Waals surface area (Å²) < 4.78 is 0. The molecule has 0 heterocycles. The van der Waals surface area contributed by atoms with E-state index in [-0.39, 0.29) is 0 Å². The first-order valence-electron chi connectivity index (χ1n) is 6.58. The molecule has 1 aromatic carbocycles. The van der Waals surface area contributed by atoms with Crippen LogP contribution in [0, 0.1) is 12.8 Å². The molecule has 0 atom stereocenters. The van der Waals surface area contributed by atoms with Crippen LogP contribution in [0.1, 0.15) is 43.2 Å². The Balaban J connectivity index is 0.000000171. The van der Waals surface area contributed by atoms with E-state index in [1.54, 1.807) is 0 Å². The minimum Gasteiger partial charge on any atom is -0.103 e. The van der Waals surface area contributed by atoms with Gasteiger partial charge in [0.2, 0.25) is 0 Å². The van der Waals surface area contributed by atoms with Crippen molar-refractivity contribution in [2.45, 2.75) is 39.0 Å². The smallest absolute Gasteiger partial charge is 0.0236 e. The molecule has 1 aliphatic rings. The summed E-state index contributed by atoms with van der Waals surface area (Å²) in [6.45, 7) is 9.53. The maximum Gasteiger partial charge on any atom is -0.0236 e. The van der Waals surface area contributed by atoms with E-state index in [2.05, 4.69) is 38.3 Å². The van der Waals surface area contributed by atoms with Gasteiger partial charge in [-0.2, -0.15) is 0 Å². The molecule has 0 heteroatoms. The normalized spacial score (nSPS) is 15.6. The predicted molar refractivity (Wildman–Crippen MR) is 78.0 cm³/mol. The zero-order chi connectivity index (χ0) is 12.5. The molecule has 0 unspecified atom stereocenters. The largest absolute Gasteiger partial charge is 0.103 e. The molecule has 92 valence electrons. The van der Waals surface area contributed by atoms with Crippen LogP contribution in [0.5, 0.6) is 0 Å². The van der Waals surface area contributed by atoms with E-state index < -0.39 is 0 Å². The van der Waals surface area contributed by atoms with Crippen LogP contribution < -0.4 is 0 Å². The third-order valence-corrected chi connectivity index (χ3v) is 3.26. The van der Waals surface area contributed by atoms with Crippen LogP contribution in [0.4, 0.5) is 0 Å². The minimum atomic E-state index is 0.851. The van der Waals surface area contributed by atoms with Gasteiger partial charge in [-0.05, 0) is 31.2 Å². The molecule has 1 aliphatic carbocycles. The van der Waals surface area contributed by atoms with Crippen LogP contribution >= 0.6 is 0 Å². The maximum absolute atomic E-state index is 3.78. The average Bonchev–Trinajstić information content (AvgIpc) is 2.40. The molecule has 1 fully saturated rings. The molecule has 0 saturated heterocycles. The zero-order valence-electron chi connectivity index (χ0n) is 11.0. The summed E-state index contributed by atoms with van der Waals surface area (Å²) in [5, 5.41) is 0. The van der Waals surface area contributed by atoms with Crippen LogP contribution in [-0.2, 0) is 0 Å². The van der Waals surface area contributed by atoms with Crippen molar-refractivity contribution >= 4 is 6.08 Å². The summed E-state index contributed by atoms with van der Waals surface area (Å²) in [5.74, 6) is 0.851. The molecule has 1 saturated carbocycles. The Labute approximate surface area is 106 Å². The molecule has 0 aliphatic heterocycles. The van der Waals surface area contributed by atoms with E-state index in [0.717, 1.165) is 5.92 Å². The quantitative estimate of drug-likeness (QED) is 0.595. The first-order chi connectivity index (χ1) is 8.26. The van der Waals surface area contributed by atoms with Crippen LogP contribution in [0.15, 0.2) is 43.5 Å². The van der Waals surface area contributed by atoms with E-state index in [1.165, 1.54) is 43.2 Å². The molecule has 17 heavy (non-hydrogen) atoms. The van der Waals surface area contributed by atoms with E-state index in [9.17, 15) is 0 Å². The maximum atomic E-state index is 3.78. The van der Waals surface area contributed by atoms with Crippen molar-refractivity contribution in [1.29, 1.82) is 0 Å². The lowest BCUT2D eigenvalue weighted by Gasteiger charge is -2.16. The highest BCUT2D eigenvalue weighted by Gasteiger charge is 2.07. The van der Waals surface area contributed by atoms with Gasteiger partial charge < -0.3 is 0 Å². The summed E-state index contributed by atoms with van der Waals surface area (Å²) in [4.78, 5) is 0. The highest BCUT2D eigenvalue weighted by molar-refractivity contribution is 5.47. The fourth-order valence-electron chi connectivity index (χ4n) is 2.17. The summed E-state index contributed by atoms with van der Waals surface area (Å²) in [6, 6.07) is 8.26. The molecule has 0 radical (unpaired) electrons. The van der Waals surface area contributed by atoms with Crippen molar-refractivity contribution in [2.75, 3.05) is 0 Å². The Morgan fingerprint density at radius 2 is 1.82 bits per heavy atom. The standard InChI is InChI=1S/C9H10.C8H14/c1-3-9-6-4-5-8(2)7-9;1-2-8-6-4-3-5-7-8/h3-7H,1H2,2H3;2,8H,1,3-7H2. The molecular formula is C17H24. The first kappa shape index (κ1) is 13.8. The number of hydrogen-bond acceptors (Lipinski definition) is 0. The third-order valence-electron chi connectivity index (χ3n) is 3.26. The number of benzene rings is 1. The lowest BCUT2D eigenvalue weighted by molar-refractivity contribution is 0.420. The van der Waals surface area contributed by atoms with Gasteiger partial charge in [-0.25, -0.2) is 0 Å². The van der Waals surface area contributed by atoms with Crippen LogP contribution in [0.3, 0.4) is 0 Å². The topological polar surface area (TPSA) is 0 Å². The molecule has 1 aromatic rings. The number of aryl methyl sites for hydroxylation is 1. The van der Waals surface area contributed by atoms with Crippen molar-refractivity contribution in [3.05, 3.63) is 54.6 Å². The second-order valence-electron chi connectivity index (χ2n) is 4.75. The molecule has 0 nitrogen and oxygen atoms in total. The highest BCUT2D eigenvalue weighted by atomic mass is 14.1. The van der Waals surface area contributed by atoms with E-state index >= 15 is 0 Å². The number of rotatable bonds is 2. The Hall–Kier alpha value is -1.30. The van der Waals surface area contributed by atoms with Gasteiger partial charge >= 0.3 is 0 Å². The van der Waals surface area contributed by atoms with Crippen molar-refractivity contribution in [3.8, 4) is 0 Å². The Bertz CT molecular complexity index is 343. The molecule has 0 spiro atoms. The third kappa shape index (κ3) is 5.53. The molecule has 0 bridgehead atoms. The van der Waals surface area contributed by atoms with Gasteiger partial charge in [0, 0.05) is 0 Å². The van der Waals surface area contributed by atoms with E-state index in [4.69, 9.17) is 0 Å². The minimum absolute atomic E-state index is 0.851. The van der Waals surface area contributed by atoms with Gasteiger partial charge in [0.15, 0.2) is 0 Å². The van der Waals surface area contributed by atoms with Gasteiger partial charge in [-0.3, -0.25) is 0 Å². The van der Waals surface area contributed by atoms with Crippen molar-refractivity contribution < 1.29 is 0 Å². The fourth-order valence-corrected chi connectivity index (χ4v) is 2.17. The summed E-state index contributed by atoms with van der Waals surface area (Å²) in [5.41, 5.74) is 2.47. The Kier molecular flexibility index (Phi) is 6.39. The highest BCUT2D eigenvalue weighted by Crippen LogP contribution is 2.23. The number of hydrogen-bond donors (Lipinski definition) is 0. The SMILES string of the molecule is C=CC1CCCCC1.C=Cc1cccc(C)c1. The summed E-state index contributed by atoms with van der Waals surface area (Å²) >= 11 is 0. The zero-order valence-corrected chi connectivity index (χ0v) is 11.0. The average molecular weight is 228 g/mol. The van der Waals surface area contributed by atoms with Gasteiger partial charge in [0.25, 0.3) is 0 Å². The van der Waals surface area contributed by atoms with E-state index in [0.29, 0.717) is 0 Å². The number of allylic oxidation sites excluding steroid dienone is 1. The van der Waals surface area contributed by atoms with Crippen LogP contribution in [0.2, 0.25) is 0 Å². The van der Waals surface area contributed by atoms with Crippen LogP contribution in [-0.4, -0.2) is 0 Å². The summed E-state index contributed by atoms with van der Waals surface area (Å²) in [6.07, 6.45) is 11.1. The van der Waals surface area contributed by atoms with Gasteiger partial charge in [0.05, 0.1) is 0 Å². The van der Waals surface area contributed by atoms with Crippen molar-refractivity contribution in [3.63, 3.8) is 0 Å². The predicted octanol–water partition coefficient (Wildman–Crippen LogP) is 5.39. The molecular weight excluding hydrogens is 204 g/mol. The van der Waals surface area contributed by atoms with Gasteiger partial charge in [-0.15, -0.1) is 6.58 Å². The van der Waals surface area contributed by atoms with Gasteiger partial charge in [0.1, 0.15) is 0 Å². The van der Waals surface area contributed by atoms with Crippen LogP contribution in [0.25, 0.3) is 6.08 Å². The molecule has 2 rings (SSSR count). The summed E-state index contributed by atoms with van der Waals surface area (Å²) in [7, 11) is 0. The molecule has 0 N–H and O–H groups in total. The molecule has 0 amide bonds. The lowest BCUT2D eigenvalue weighted by atomic mass is 9.90. The monoisotopic (exact) mass is 228 g/mol. The lowest BCUT2D eigenvalue weighted by Crippen LogP contribution is -2.01. The van der Waals surface area contributed by atoms with E-state index in [1.807, 2.05) is 18.2 Å². The Morgan fingerprint density at radius 3 is 2.24 bits per heavy atom. The first-order valence-corrected chi connectivity index (χ1v) is 6.58. The molecule has 0 aromatic heterocycles. The second-order valence-corrected chi connectivity index (χ2v) is 4.75.